The predicted octanol–water partition coefficient (Wildman–Crippen LogP) is -0.672. The monoisotopic (exact) mass is 297 g/mol. The molecule has 0 aliphatic carbocycles. The highest BCUT2D eigenvalue weighted by atomic mass is 35.5. The van der Waals surface area contributed by atoms with Crippen LogP contribution in [0.15, 0.2) is 24.4 Å². The van der Waals surface area contributed by atoms with E-state index in [0.29, 0.717) is 0 Å². The fourth-order valence-corrected chi connectivity index (χ4v) is 2.88. The van der Waals surface area contributed by atoms with Crippen LogP contribution in [-0.2, 0) is 7.05 Å². The van der Waals surface area contributed by atoms with Gasteiger partial charge < -0.3 is 22.2 Å². The molecule has 0 aliphatic heterocycles. The van der Waals surface area contributed by atoms with Crippen molar-refractivity contribution < 1.29 is 17.0 Å². The molecule has 0 N–H and O–H groups in total. The molecule has 104 valence electrons. The first-order valence-corrected chi connectivity index (χ1v) is 6.75. The second kappa shape index (κ2) is 6.26. The van der Waals surface area contributed by atoms with Gasteiger partial charge in [-0.15, -0.1) is 0 Å². The molecule has 0 bridgehead atoms. The van der Waals surface area contributed by atoms with Crippen LogP contribution < -0.4 is 21.9 Å². The molecule has 0 amide bonds. The fourth-order valence-electron chi connectivity index (χ4n) is 1.80. The van der Waals surface area contributed by atoms with Gasteiger partial charge in [-0.25, -0.2) is 0 Å². The van der Waals surface area contributed by atoms with Crippen LogP contribution in [0.5, 0.6) is 0 Å². The van der Waals surface area contributed by atoms with Gasteiger partial charge in [-0.1, -0.05) is 11.3 Å². The Bertz CT molecular complexity index is 588. The number of nitrogens with zero attached hydrogens (tertiary/aromatic N) is 3. The van der Waals surface area contributed by atoms with Crippen LogP contribution in [0.1, 0.15) is 5.01 Å². The topological polar surface area (TPSA) is 10.4 Å². The minimum Gasteiger partial charge on any atom is -1.00 e. The van der Waals surface area contributed by atoms with Crippen molar-refractivity contribution in [3.05, 3.63) is 29.4 Å². The van der Waals surface area contributed by atoms with Crippen molar-refractivity contribution >= 4 is 33.3 Å². The van der Waals surface area contributed by atoms with Crippen LogP contribution in [0.2, 0.25) is 0 Å². The van der Waals surface area contributed by atoms with E-state index in [2.05, 4.69) is 66.0 Å². The zero-order valence-corrected chi connectivity index (χ0v) is 13.6. The van der Waals surface area contributed by atoms with Crippen LogP contribution in [0.4, 0.5) is 5.69 Å². The van der Waals surface area contributed by atoms with Crippen molar-refractivity contribution in [1.29, 1.82) is 0 Å². The minimum atomic E-state index is 0. The van der Waals surface area contributed by atoms with Crippen LogP contribution in [0.3, 0.4) is 0 Å². The lowest BCUT2D eigenvalue weighted by Gasteiger charge is -2.10. The number of benzene rings is 1. The highest BCUT2D eigenvalue weighted by molar-refractivity contribution is 7.18. The van der Waals surface area contributed by atoms with Crippen LogP contribution in [0, 0.1) is 0 Å². The summed E-state index contributed by atoms with van der Waals surface area (Å²) in [4.78, 5) is 4.18. The summed E-state index contributed by atoms with van der Waals surface area (Å²) in [6.45, 7) is 0. The Hall–Kier alpha value is -1.26. The van der Waals surface area contributed by atoms with Crippen LogP contribution in [0.25, 0.3) is 16.3 Å². The third kappa shape index (κ3) is 3.39. The Morgan fingerprint density at radius 2 is 1.84 bits per heavy atom. The molecule has 0 fully saturated rings. The van der Waals surface area contributed by atoms with Gasteiger partial charge in [0.2, 0.25) is 5.52 Å². The van der Waals surface area contributed by atoms with E-state index >= 15 is 0 Å². The number of aryl methyl sites for hydroxylation is 1. The molecule has 1 aromatic heterocycles. The Kier molecular flexibility index (Phi) is 5.20. The molecule has 0 spiro atoms. The van der Waals surface area contributed by atoms with E-state index in [1.165, 1.54) is 20.9 Å². The molecule has 0 radical (unpaired) electrons. The summed E-state index contributed by atoms with van der Waals surface area (Å²) in [7, 11) is 10.3. The number of halogens is 1. The number of hydrogen-bond donors (Lipinski definition) is 0. The van der Waals surface area contributed by atoms with E-state index < -0.39 is 0 Å². The first-order valence-electron chi connectivity index (χ1n) is 5.93. The zero-order chi connectivity index (χ0) is 13.3. The van der Waals surface area contributed by atoms with Gasteiger partial charge in [-0.05, 0) is 12.1 Å². The maximum absolute atomic E-state index is 2.24. The van der Waals surface area contributed by atoms with Crippen LogP contribution in [-0.4, -0.2) is 33.1 Å². The van der Waals surface area contributed by atoms with E-state index in [1.807, 2.05) is 25.4 Å². The smallest absolute Gasteiger partial charge is 0.263 e. The fraction of sp³-hybridized carbons (Fsp3) is 0.357. The summed E-state index contributed by atoms with van der Waals surface area (Å²) in [6, 6.07) is 6.59. The normalized spacial score (nSPS) is 10.8. The molecule has 1 heterocycles. The lowest BCUT2D eigenvalue weighted by molar-refractivity contribution is -0.642. The molecule has 3 nitrogen and oxygen atoms in total. The van der Waals surface area contributed by atoms with Gasteiger partial charge in [0.25, 0.3) is 5.01 Å². The number of hydrogen-bond acceptors (Lipinski definition) is 3. The second-order valence-electron chi connectivity index (χ2n) is 4.83. The largest absolute Gasteiger partial charge is 1.00 e. The van der Waals surface area contributed by atoms with Crippen molar-refractivity contribution in [2.24, 2.45) is 7.05 Å². The molecule has 2 rings (SSSR count). The van der Waals surface area contributed by atoms with Gasteiger partial charge in [-0.2, -0.15) is 4.57 Å². The molecular weight excluding hydrogens is 278 g/mol. The lowest BCUT2D eigenvalue weighted by atomic mass is 10.3. The molecule has 0 saturated carbocycles. The summed E-state index contributed by atoms with van der Waals surface area (Å²) >= 11 is 1.82. The van der Waals surface area contributed by atoms with Gasteiger partial charge in [0.15, 0.2) is 0 Å². The average Bonchev–Trinajstić information content (AvgIpc) is 2.63. The van der Waals surface area contributed by atoms with Gasteiger partial charge in [0.05, 0.1) is 0 Å². The number of thiazole rings is 1. The predicted molar refractivity (Wildman–Crippen MR) is 80.0 cm³/mol. The van der Waals surface area contributed by atoms with Gasteiger partial charge in [0.1, 0.15) is 11.7 Å². The summed E-state index contributed by atoms with van der Waals surface area (Å²) in [6.07, 6.45) is 4.23. The van der Waals surface area contributed by atoms with Crippen molar-refractivity contribution in [3.8, 4) is 0 Å². The van der Waals surface area contributed by atoms with E-state index in [4.69, 9.17) is 0 Å². The van der Waals surface area contributed by atoms with Crippen molar-refractivity contribution in [2.45, 2.75) is 0 Å². The van der Waals surface area contributed by atoms with Crippen LogP contribution >= 0.6 is 11.3 Å². The summed E-state index contributed by atoms with van der Waals surface area (Å²) < 4.78 is 3.56. The van der Waals surface area contributed by atoms with E-state index in [1.54, 1.807) is 0 Å². The SMILES string of the molecule is CN(C)C=Cc1sc2cc(N(C)C)ccc2[n+]1C.[Cl-]. The highest BCUT2D eigenvalue weighted by Gasteiger charge is 2.15. The molecular formula is C14H20ClN3S. The van der Waals surface area contributed by atoms with Gasteiger partial charge in [-0.3, -0.25) is 0 Å². The first kappa shape index (κ1) is 15.8. The van der Waals surface area contributed by atoms with Gasteiger partial charge >= 0.3 is 0 Å². The van der Waals surface area contributed by atoms with Gasteiger partial charge in [0, 0.05) is 52.2 Å². The molecule has 1 aromatic carbocycles. The number of anilines is 1. The van der Waals surface area contributed by atoms with Crippen molar-refractivity contribution in [3.63, 3.8) is 0 Å². The maximum atomic E-state index is 2.24. The summed E-state index contributed by atoms with van der Waals surface area (Å²) in [5.74, 6) is 0. The standard InChI is InChI=1S/C14H20N3S.ClH/c1-15(2)9-8-14-17(5)12-7-6-11(16(3)4)10-13(12)18-14;/h6-10H,1-5H3;1H/q+1;/p-1. The molecule has 0 atom stereocenters. The first-order chi connectivity index (χ1) is 8.49. The van der Waals surface area contributed by atoms with Crippen molar-refractivity contribution in [1.82, 2.24) is 4.90 Å². The van der Waals surface area contributed by atoms with E-state index in [0.717, 1.165) is 0 Å². The molecule has 0 saturated heterocycles. The second-order valence-corrected chi connectivity index (χ2v) is 5.89. The molecule has 0 unspecified atom stereocenters. The van der Waals surface area contributed by atoms with E-state index in [-0.39, 0.29) is 12.4 Å². The number of rotatable bonds is 3. The minimum absolute atomic E-state index is 0. The molecule has 19 heavy (non-hydrogen) atoms. The maximum Gasteiger partial charge on any atom is 0.263 e. The zero-order valence-electron chi connectivity index (χ0n) is 12.0. The quantitative estimate of drug-likeness (QED) is 0.696. The van der Waals surface area contributed by atoms with E-state index in [9.17, 15) is 0 Å². The Morgan fingerprint density at radius 1 is 1.16 bits per heavy atom. The molecule has 2 aromatic rings. The molecule has 5 heteroatoms. The number of aromatic nitrogens is 1. The summed E-state index contributed by atoms with van der Waals surface area (Å²) in [5.41, 5.74) is 2.52. The highest BCUT2D eigenvalue weighted by Crippen LogP contribution is 2.25. The Morgan fingerprint density at radius 3 is 2.42 bits per heavy atom. The summed E-state index contributed by atoms with van der Waals surface area (Å²) in [5, 5.41) is 1.26. The van der Waals surface area contributed by atoms with Crippen molar-refractivity contribution in [2.75, 3.05) is 33.1 Å². The lowest BCUT2D eigenvalue weighted by Crippen LogP contribution is -3.00. The Balaban J connectivity index is 0.00000180. The third-order valence-corrected chi connectivity index (χ3v) is 4.05. The number of fused-ring (bicyclic) bond motifs is 1. The molecule has 0 aliphatic rings. The average molecular weight is 298 g/mol. The Labute approximate surface area is 125 Å². The third-order valence-electron chi connectivity index (χ3n) is 2.88.